The first-order valence-electron chi connectivity index (χ1n) is 11.0. The Kier molecular flexibility index (Phi) is 5.74. The van der Waals surface area contributed by atoms with E-state index in [0.717, 1.165) is 22.2 Å². The van der Waals surface area contributed by atoms with Crippen molar-refractivity contribution in [1.82, 2.24) is 19.5 Å². The molecule has 0 saturated heterocycles. The summed E-state index contributed by atoms with van der Waals surface area (Å²) in [5, 5.41) is 5.18. The van der Waals surface area contributed by atoms with Crippen LogP contribution < -0.4 is 10.1 Å². The van der Waals surface area contributed by atoms with Crippen molar-refractivity contribution in [1.29, 1.82) is 0 Å². The van der Waals surface area contributed by atoms with E-state index in [1.807, 2.05) is 79.2 Å². The predicted octanol–water partition coefficient (Wildman–Crippen LogP) is 5.41. The monoisotopic (exact) mass is 449 g/mol. The molecule has 0 unspecified atom stereocenters. The number of nitrogens with zero attached hydrogens (tertiary/aromatic N) is 4. The zero-order valence-corrected chi connectivity index (χ0v) is 18.9. The van der Waals surface area contributed by atoms with Crippen LogP contribution >= 0.6 is 0 Å². The number of imidazole rings is 1. The van der Waals surface area contributed by atoms with E-state index in [4.69, 9.17) is 4.74 Å². The van der Waals surface area contributed by atoms with Gasteiger partial charge in [-0.3, -0.25) is 9.36 Å². The maximum atomic E-state index is 12.6. The first-order chi connectivity index (χ1) is 16.5. The second kappa shape index (κ2) is 9.15. The number of benzene rings is 3. The minimum absolute atomic E-state index is 0.0724. The molecule has 0 spiro atoms. The summed E-state index contributed by atoms with van der Waals surface area (Å²) in [4.78, 5) is 25.7. The molecule has 0 aliphatic rings. The van der Waals surface area contributed by atoms with Crippen molar-refractivity contribution in [2.45, 2.75) is 20.3 Å². The lowest BCUT2D eigenvalue weighted by Gasteiger charge is -2.11. The van der Waals surface area contributed by atoms with Gasteiger partial charge in [-0.2, -0.15) is 4.98 Å². The lowest BCUT2D eigenvalue weighted by molar-refractivity contribution is -0.115. The van der Waals surface area contributed by atoms with Crippen LogP contribution in [0.4, 0.5) is 5.69 Å². The van der Waals surface area contributed by atoms with Gasteiger partial charge in [0, 0.05) is 24.1 Å². The molecule has 2 heterocycles. The summed E-state index contributed by atoms with van der Waals surface area (Å²) in [6, 6.07) is 23.1. The van der Waals surface area contributed by atoms with Crippen LogP contribution in [0.15, 0.2) is 85.2 Å². The van der Waals surface area contributed by atoms with Crippen molar-refractivity contribution < 1.29 is 9.53 Å². The number of carbonyl (C=O) groups is 1. The normalized spacial score (nSPS) is 10.9. The summed E-state index contributed by atoms with van der Waals surface area (Å²) in [6.45, 7) is 3.72. The summed E-state index contributed by atoms with van der Waals surface area (Å²) >= 11 is 0. The van der Waals surface area contributed by atoms with Crippen LogP contribution in [-0.2, 0) is 11.2 Å². The molecule has 7 heteroatoms. The first kappa shape index (κ1) is 21.3. The van der Waals surface area contributed by atoms with Gasteiger partial charge in [-0.1, -0.05) is 42.5 Å². The number of fused-ring (bicyclic) bond motifs is 1. The molecular weight excluding hydrogens is 426 g/mol. The molecule has 34 heavy (non-hydrogen) atoms. The van der Waals surface area contributed by atoms with Crippen LogP contribution in [0.1, 0.15) is 17.2 Å². The topological polar surface area (TPSA) is 81.9 Å². The minimum atomic E-state index is -0.0724. The molecular formula is C27H23N5O2. The van der Waals surface area contributed by atoms with Crippen LogP contribution in [0.2, 0.25) is 0 Å². The van der Waals surface area contributed by atoms with Gasteiger partial charge in [0.2, 0.25) is 11.8 Å². The minimum Gasteiger partial charge on any atom is -0.439 e. The fourth-order valence-corrected chi connectivity index (χ4v) is 3.87. The van der Waals surface area contributed by atoms with Gasteiger partial charge >= 0.3 is 0 Å². The van der Waals surface area contributed by atoms with Gasteiger partial charge in [0.25, 0.3) is 0 Å². The van der Waals surface area contributed by atoms with Crippen molar-refractivity contribution in [3.05, 3.63) is 102 Å². The Hall–Kier alpha value is -4.52. The number of anilines is 1. The number of rotatable bonds is 6. The van der Waals surface area contributed by atoms with Gasteiger partial charge in [0.1, 0.15) is 23.2 Å². The Morgan fingerprint density at radius 1 is 0.971 bits per heavy atom. The third-order valence-electron chi connectivity index (χ3n) is 5.46. The van der Waals surface area contributed by atoms with Crippen molar-refractivity contribution in [2.24, 2.45) is 0 Å². The highest BCUT2D eigenvalue weighted by atomic mass is 16.5. The quantitative estimate of drug-likeness (QED) is 0.375. The highest BCUT2D eigenvalue weighted by molar-refractivity contribution is 5.96. The van der Waals surface area contributed by atoms with Crippen molar-refractivity contribution in [3.8, 4) is 17.4 Å². The fourth-order valence-electron chi connectivity index (χ4n) is 3.87. The number of nitrogens with one attached hydrogen (secondary N) is 1. The first-order valence-corrected chi connectivity index (χ1v) is 11.0. The number of amides is 1. The molecule has 3 aromatic carbocycles. The Morgan fingerprint density at radius 2 is 1.76 bits per heavy atom. The molecule has 0 fully saturated rings. The molecule has 0 radical (unpaired) electrons. The lowest BCUT2D eigenvalue weighted by Crippen LogP contribution is -2.14. The number of aromatic nitrogens is 4. The van der Waals surface area contributed by atoms with Crippen molar-refractivity contribution >= 4 is 22.4 Å². The van der Waals surface area contributed by atoms with E-state index in [1.165, 1.54) is 0 Å². The Morgan fingerprint density at radius 3 is 2.56 bits per heavy atom. The average Bonchev–Trinajstić information content (AvgIpc) is 3.26. The third-order valence-corrected chi connectivity index (χ3v) is 5.46. The zero-order valence-electron chi connectivity index (χ0n) is 18.9. The van der Waals surface area contributed by atoms with E-state index >= 15 is 0 Å². The summed E-state index contributed by atoms with van der Waals surface area (Å²) in [6.07, 6.45) is 3.87. The smallest absolute Gasteiger partial charge is 0.228 e. The molecule has 0 aliphatic carbocycles. The molecule has 5 rings (SSSR count). The highest BCUT2D eigenvalue weighted by Crippen LogP contribution is 2.24. The number of ether oxygens (including phenoxy) is 1. The second-order valence-electron chi connectivity index (χ2n) is 7.95. The second-order valence-corrected chi connectivity index (χ2v) is 7.95. The van der Waals surface area contributed by atoms with Crippen molar-refractivity contribution in [2.75, 3.05) is 5.32 Å². The molecule has 1 amide bonds. The molecule has 168 valence electrons. The van der Waals surface area contributed by atoms with E-state index in [0.29, 0.717) is 35.4 Å². The molecule has 0 saturated carbocycles. The summed E-state index contributed by atoms with van der Waals surface area (Å²) in [5.74, 6) is 3.08. The standard InChI is InChI=1S/C27H23N5O2/c1-18-29-25(32-15-14-28-19(32)2)17-27(30-18)34-23-12-10-22(11-13-23)31-26(33)16-21-8-5-7-20-6-3-4-9-24(20)21/h3-15,17H,16H2,1-2H3,(H,31,33). The molecule has 2 aromatic heterocycles. The molecule has 1 N–H and O–H groups in total. The van der Waals surface area contributed by atoms with E-state index in [-0.39, 0.29) is 5.91 Å². The van der Waals surface area contributed by atoms with Gasteiger partial charge in [0.15, 0.2) is 0 Å². The van der Waals surface area contributed by atoms with Gasteiger partial charge in [-0.25, -0.2) is 9.97 Å². The SMILES string of the molecule is Cc1nc(Oc2ccc(NC(=O)Cc3cccc4ccccc34)cc2)cc(-n2ccnc2C)n1. The Bertz CT molecular complexity index is 1470. The number of hydrogen-bond acceptors (Lipinski definition) is 5. The highest BCUT2D eigenvalue weighted by Gasteiger charge is 2.10. The molecule has 0 bridgehead atoms. The summed E-state index contributed by atoms with van der Waals surface area (Å²) in [7, 11) is 0. The average molecular weight is 450 g/mol. The van der Waals surface area contributed by atoms with E-state index in [2.05, 4.69) is 20.3 Å². The van der Waals surface area contributed by atoms with Crippen LogP contribution in [0, 0.1) is 13.8 Å². The maximum Gasteiger partial charge on any atom is 0.228 e. The summed E-state index contributed by atoms with van der Waals surface area (Å²) in [5.41, 5.74) is 1.70. The van der Waals surface area contributed by atoms with Crippen LogP contribution in [0.5, 0.6) is 11.6 Å². The van der Waals surface area contributed by atoms with E-state index in [9.17, 15) is 4.79 Å². The number of carbonyl (C=O) groups excluding carboxylic acids is 1. The molecule has 0 aliphatic heterocycles. The van der Waals surface area contributed by atoms with Gasteiger partial charge < -0.3 is 10.1 Å². The largest absolute Gasteiger partial charge is 0.439 e. The predicted molar refractivity (Wildman–Crippen MR) is 131 cm³/mol. The fraction of sp³-hybridized carbons (Fsp3) is 0.111. The van der Waals surface area contributed by atoms with E-state index < -0.39 is 0 Å². The van der Waals surface area contributed by atoms with Gasteiger partial charge in [-0.15, -0.1) is 0 Å². The third kappa shape index (κ3) is 4.63. The number of aryl methyl sites for hydroxylation is 2. The van der Waals surface area contributed by atoms with Crippen LogP contribution in [0.25, 0.3) is 16.6 Å². The molecule has 0 atom stereocenters. The van der Waals surface area contributed by atoms with Crippen LogP contribution in [-0.4, -0.2) is 25.4 Å². The lowest BCUT2D eigenvalue weighted by atomic mass is 10.0. The Balaban J connectivity index is 1.27. The van der Waals surface area contributed by atoms with Crippen LogP contribution in [0.3, 0.4) is 0 Å². The molecule has 5 aromatic rings. The molecule has 7 nitrogen and oxygen atoms in total. The van der Waals surface area contributed by atoms with Crippen molar-refractivity contribution in [3.63, 3.8) is 0 Å². The Labute approximate surface area is 197 Å². The zero-order chi connectivity index (χ0) is 23.5. The summed E-state index contributed by atoms with van der Waals surface area (Å²) < 4.78 is 7.82. The van der Waals surface area contributed by atoms with Gasteiger partial charge in [-0.05, 0) is 54.4 Å². The van der Waals surface area contributed by atoms with Gasteiger partial charge in [0.05, 0.1) is 6.42 Å². The maximum absolute atomic E-state index is 12.6. The number of hydrogen-bond donors (Lipinski definition) is 1. The van der Waals surface area contributed by atoms with E-state index in [1.54, 1.807) is 24.4 Å².